The minimum Gasteiger partial charge on any atom is -0.466 e. The predicted molar refractivity (Wildman–Crippen MR) is 64.6 cm³/mol. The highest BCUT2D eigenvalue weighted by molar-refractivity contribution is 9.10. The van der Waals surface area contributed by atoms with Gasteiger partial charge in [0.05, 0.1) is 18.6 Å². The Morgan fingerprint density at radius 2 is 2.29 bits per heavy atom. The zero-order valence-electron chi connectivity index (χ0n) is 9.20. The Labute approximate surface area is 107 Å². The lowest BCUT2D eigenvalue weighted by Gasteiger charge is -2.07. The van der Waals surface area contributed by atoms with Gasteiger partial charge in [0.25, 0.3) is 0 Å². The number of hydrogen-bond acceptors (Lipinski definition) is 4. The number of esters is 1. The zero-order valence-corrected chi connectivity index (χ0v) is 10.8. The number of benzene rings is 1. The molecule has 1 aromatic rings. The van der Waals surface area contributed by atoms with Gasteiger partial charge >= 0.3 is 5.97 Å². The monoisotopic (exact) mass is 295 g/mol. The van der Waals surface area contributed by atoms with Crippen molar-refractivity contribution in [3.63, 3.8) is 0 Å². The third kappa shape index (κ3) is 3.14. The molecule has 0 heterocycles. The van der Waals surface area contributed by atoms with E-state index in [9.17, 15) is 9.59 Å². The molecule has 0 radical (unpaired) electrons. The summed E-state index contributed by atoms with van der Waals surface area (Å²) >= 11 is 3.18. The van der Waals surface area contributed by atoms with E-state index >= 15 is 0 Å². The highest BCUT2D eigenvalue weighted by atomic mass is 79.9. The Kier molecular flexibility index (Phi) is 4.85. The number of rotatable bonds is 4. The molecule has 0 bridgehead atoms. The highest BCUT2D eigenvalue weighted by Gasteiger charge is 2.14. The molecular formula is C12H10BrNO3. The van der Waals surface area contributed by atoms with E-state index in [1.807, 2.05) is 6.07 Å². The van der Waals surface area contributed by atoms with Gasteiger partial charge in [0.15, 0.2) is 6.29 Å². The van der Waals surface area contributed by atoms with E-state index < -0.39 is 5.97 Å². The lowest BCUT2D eigenvalue weighted by molar-refractivity contribution is -0.142. The van der Waals surface area contributed by atoms with Crippen LogP contribution < -0.4 is 0 Å². The van der Waals surface area contributed by atoms with Gasteiger partial charge in [-0.05, 0) is 18.6 Å². The van der Waals surface area contributed by atoms with Crippen LogP contribution in [0.5, 0.6) is 0 Å². The van der Waals surface area contributed by atoms with Crippen molar-refractivity contribution in [3.05, 3.63) is 33.3 Å². The van der Waals surface area contributed by atoms with Crippen molar-refractivity contribution in [1.29, 1.82) is 5.26 Å². The summed E-state index contributed by atoms with van der Waals surface area (Å²) in [6.07, 6.45) is 0.585. The molecule has 0 spiro atoms. The fraction of sp³-hybridized carbons (Fsp3) is 0.250. The number of nitrogens with zero attached hydrogens (tertiary/aromatic N) is 1. The van der Waals surface area contributed by atoms with Gasteiger partial charge in [-0.3, -0.25) is 9.59 Å². The van der Waals surface area contributed by atoms with E-state index in [0.29, 0.717) is 16.3 Å². The van der Waals surface area contributed by atoms with E-state index in [0.717, 1.165) is 0 Å². The number of halogens is 1. The van der Waals surface area contributed by atoms with Crippen LogP contribution in [0.15, 0.2) is 16.6 Å². The SMILES string of the molecule is CCOC(=O)Cc1ccc(Br)c(C=O)c1C#N. The lowest BCUT2D eigenvalue weighted by atomic mass is 10.0. The minimum absolute atomic E-state index is 0.00907. The summed E-state index contributed by atoms with van der Waals surface area (Å²) < 4.78 is 5.34. The van der Waals surface area contributed by atoms with Crippen LogP contribution in [0.1, 0.15) is 28.4 Å². The maximum atomic E-state index is 11.3. The fourth-order valence-corrected chi connectivity index (χ4v) is 1.83. The molecule has 0 amide bonds. The van der Waals surface area contributed by atoms with Crippen molar-refractivity contribution in [1.82, 2.24) is 0 Å². The largest absolute Gasteiger partial charge is 0.466 e. The average Bonchev–Trinajstić information content (AvgIpc) is 2.31. The van der Waals surface area contributed by atoms with Crippen molar-refractivity contribution in [2.24, 2.45) is 0 Å². The smallest absolute Gasteiger partial charge is 0.310 e. The number of ether oxygens (including phenoxy) is 1. The van der Waals surface area contributed by atoms with Crippen LogP contribution in [0.3, 0.4) is 0 Å². The maximum Gasteiger partial charge on any atom is 0.310 e. The van der Waals surface area contributed by atoms with E-state index in [1.54, 1.807) is 19.1 Å². The number of carbonyl (C=O) groups excluding carboxylic acids is 2. The second-order valence-electron chi connectivity index (χ2n) is 3.21. The van der Waals surface area contributed by atoms with Gasteiger partial charge in [0, 0.05) is 10.0 Å². The van der Waals surface area contributed by atoms with Crippen LogP contribution in [0.2, 0.25) is 0 Å². The third-order valence-electron chi connectivity index (χ3n) is 2.15. The van der Waals surface area contributed by atoms with Crippen molar-refractivity contribution < 1.29 is 14.3 Å². The van der Waals surface area contributed by atoms with Crippen molar-refractivity contribution in [3.8, 4) is 6.07 Å². The molecule has 0 aliphatic rings. The molecule has 0 aliphatic heterocycles. The molecule has 0 saturated carbocycles. The zero-order chi connectivity index (χ0) is 12.8. The number of aldehydes is 1. The quantitative estimate of drug-likeness (QED) is 0.631. The average molecular weight is 296 g/mol. The molecule has 0 unspecified atom stereocenters. The van der Waals surface area contributed by atoms with Crippen molar-refractivity contribution >= 4 is 28.2 Å². The molecule has 0 aromatic heterocycles. The van der Waals surface area contributed by atoms with Crippen LogP contribution in [-0.4, -0.2) is 18.9 Å². The van der Waals surface area contributed by atoms with Crippen molar-refractivity contribution in [2.45, 2.75) is 13.3 Å². The highest BCUT2D eigenvalue weighted by Crippen LogP contribution is 2.22. The summed E-state index contributed by atoms with van der Waals surface area (Å²) in [7, 11) is 0. The molecule has 1 rings (SSSR count). The Bertz CT molecular complexity index is 491. The number of nitriles is 1. The van der Waals surface area contributed by atoms with Crippen molar-refractivity contribution in [2.75, 3.05) is 6.61 Å². The summed E-state index contributed by atoms with van der Waals surface area (Å²) in [5.41, 5.74) is 0.966. The molecule has 88 valence electrons. The van der Waals surface area contributed by atoms with Crippen LogP contribution in [0, 0.1) is 11.3 Å². The summed E-state index contributed by atoms with van der Waals surface area (Å²) in [5.74, 6) is -0.414. The Balaban J connectivity index is 3.13. The second kappa shape index (κ2) is 6.16. The Morgan fingerprint density at radius 1 is 1.59 bits per heavy atom. The van der Waals surface area contributed by atoms with Gasteiger partial charge in [-0.15, -0.1) is 0 Å². The van der Waals surface area contributed by atoms with Crippen LogP contribution in [0.25, 0.3) is 0 Å². The minimum atomic E-state index is -0.414. The Morgan fingerprint density at radius 3 is 2.82 bits per heavy atom. The van der Waals surface area contributed by atoms with Gasteiger partial charge in [0.1, 0.15) is 6.07 Å². The molecule has 0 saturated heterocycles. The predicted octanol–water partition coefficient (Wildman–Crippen LogP) is 2.24. The van der Waals surface area contributed by atoms with E-state index in [-0.39, 0.29) is 24.2 Å². The molecule has 0 N–H and O–H groups in total. The molecule has 0 atom stereocenters. The first-order chi connectivity index (χ1) is 8.13. The molecule has 1 aromatic carbocycles. The summed E-state index contributed by atoms with van der Waals surface area (Å²) in [5, 5.41) is 9.02. The van der Waals surface area contributed by atoms with Gasteiger partial charge < -0.3 is 4.74 Å². The Hall–Kier alpha value is -1.67. The third-order valence-corrected chi connectivity index (χ3v) is 2.84. The van der Waals surface area contributed by atoms with Gasteiger partial charge in [-0.1, -0.05) is 22.0 Å². The number of carbonyl (C=O) groups is 2. The molecular weight excluding hydrogens is 286 g/mol. The standard InChI is InChI=1S/C12H10BrNO3/c1-2-17-12(16)5-8-3-4-11(13)10(7-15)9(8)6-14/h3-4,7H,2,5H2,1H3. The van der Waals surface area contributed by atoms with E-state index in [4.69, 9.17) is 10.00 Å². The van der Waals surface area contributed by atoms with Crippen LogP contribution in [-0.2, 0) is 16.0 Å². The maximum absolute atomic E-state index is 11.3. The van der Waals surface area contributed by atoms with Crippen LogP contribution in [0.4, 0.5) is 0 Å². The summed E-state index contributed by atoms with van der Waals surface area (Å²) in [6, 6.07) is 5.20. The first-order valence-electron chi connectivity index (χ1n) is 4.96. The normalized spacial score (nSPS) is 9.47. The molecule has 17 heavy (non-hydrogen) atoms. The molecule has 0 fully saturated rings. The topological polar surface area (TPSA) is 67.2 Å². The lowest BCUT2D eigenvalue weighted by Crippen LogP contribution is -2.09. The first kappa shape index (κ1) is 13.4. The fourth-order valence-electron chi connectivity index (χ4n) is 1.40. The molecule has 5 heteroatoms. The number of hydrogen-bond donors (Lipinski definition) is 0. The van der Waals surface area contributed by atoms with Crippen LogP contribution >= 0.6 is 15.9 Å². The van der Waals surface area contributed by atoms with E-state index in [2.05, 4.69) is 15.9 Å². The van der Waals surface area contributed by atoms with Gasteiger partial charge in [0.2, 0.25) is 0 Å². The first-order valence-corrected chi connectivity index (χ1v) is 5.75. The summed E-state index contributed by atoms with van der Waals surface area (Å²) in [4.78, 5) is 22.2. The molecule has 4 nitrogen and oxygen atoms in total. The second-order valence-corrected chi connectivity index (χ2v) is 4.06. The van der Waals surface area contributed by atoms with E-state index in [1.165, 1.54) is 0 Å². The van der Waals surface area contributed by atoms with Gasteiger partial charge in [-0.2, -0.15) is 5.26 Å². The summed E-state index contributed by atoms with van der Waals surface area (Å²) in [6.45, 7) is 2.00. The molecule has 0 aliphatic carbocycles. The van der Waals surface area contributed by atoms with Gasteiger partial charge in [-0.25, -0.2) is 0 Å².